The van der Waals surface area contributed by atoms with Crippen molar-refractivity contribution in [3.05, 3.63) is 51.1 Å². The van der Waals surface area contributed by atoms with Crippen molar-refractivity contribution in [1.82, 2.24) is 9.55 Å². The summed E-state index contributed by atoms with van der Waals surface area (Å²) in [5.74, 6) is 0.933. The van der Waals surface area contributed by atoms with Crippen LogP contribution in [0.15, 0.2) is 40.3 Å². The molecule has 0 spiro atoms. The highest BCUT2D eigenvalue weighted by atomic mass is 32.2. The van der Waals surface area contributed by atoms with Crippen LogP contribution >= 0.6 is 23.1 Å². The van der Waals surface area contributed by atoms with Crippen molar-refractivity contribution in [2.24, 2.45) is 0 Å². The lowest BCUT2D eigenvalue weighted by Gasteiger charge is -2.11. The molecule has 0 amide bonds. The lowest BCUT2D eigenvalue weighted by atomic mass is 10.2. The number of unbranched alkanes of at least 4 members (excludes halogenated alkanes) is 1. The van der Waals surface area contributed by atoms with Crippen LogP contribution in [0.3, 0.4) is 0 Å². The van der Waals surface area contributed by atoms with E-state index >= 15 is 0 Å². The number of thiophene rings is 1. The minimum atomic E-state index is 0.0788. The Labute approximate surface area is 162 Å². The van der Waals surface area contributed by atoms with Gasteiger partial charge in [-0.25, -0.2) is 4.98 Å². The lowest BCUT2D eigenvalue weighted by Crippen LogP contribution is -2.23. The van der Waals surface area contributed by atoms with Crippen LogP contribution < -0.4 is 10.3 Å². The van der Waals surface area contributed by atoms with Gasteiger partial charge in [0.05, 0.1) is 12.0 Å². The summed E-state index contributed by atoms with van der Waals surface area (Å²) in [5, 5.41) is 1.55. The largest absolute Gasteiger partial charge is 0.493 e. The van der Waals surface area contributed by atoms with Gasteiger partial charge in [-0.1, -0.05) is 36.9 Å². The van der Waals surface area contributed by atoms with Gasteiger partial charge in [0.1, 0.15) is 10.6 Å². The van der Waals surface area contributed by atoms with E-state index in [2.05, 4.69) is 6.92 Å². The molecule has 0 saturated carbocycles. The highest BCUT2D eigenvalue weighted by Gasteiger charge is 2.13. The van der Waals surface area contributed by atoms with E-state index in [0.717, 1.165) is 45.9 Å². The molecule has 0 fully saturated rings. The monoisotopic (exact) mass is 388 g/mol. The van der Waals surface area contributed by atoms with Crippen LogP contribution in [0.25, 0.3) is 10.2 Å². The Balaban J connectivity index is 1.65. The highest BCUT2D eigenvalue weighted by Crippen LogP contribution is 2.24. The van der Waals surface area contributed by atoms with E-state index in [1.54, 1.807) is 11.3 Å². The van der Waals surface area contributed by atoms with Crippen molar-refractivity contribution < 1.29 is 4.74 Å². The van der Waals surface area contributed by atoms with E-state index in [1.165, 1.54) is 16.6 Å². The fourth-order valence-corrected chi connectivity index (χ4v) is 4.44. The summed E-state index contributed by atoms with van der Waals surface area (Å²) >= 11 is 3.15. The van der Waals surface area contributed by atoms with Gasteiger partial charge in [0.15, 0.2) is 5.16 Å². The smallest absolute Gasteiger partial charge is 0.262 e. The maximum atomic E-state index is 12.9. The minimum absolute atomic E-state index is 0.0788. The van der Waals surface area contributed by atoms with Crippen molar-refractivity contribution in [2.75, 3.05) is 12.9 Å². The molecule has 4 nitrogen and oxygen atoms in total. The second kappa shape index (κ2) is 8.73. The van der Waals surface area contributed by atoms with Crippen LogP contribution in [0, 0.1) is 6.92 Å². The summed E-state index contributed by atoms with van der Waals surface area (Å²) in [6.07, 6.45) is 4.69. The molecule has 3 rings (SSSR count). The third kappa shape index (κ3) is 4.13. The fourth-order valence-electron chi connectivity index (χ4n) is 2.85. The topological polar surface area (TPSA) is 44.1 Å². The summed E-state index contributed by atoms with van der Waals surface area (Å²) < 4.78 is 7.66. The molecule has 3 aromatic rings. The number of rotatable bonds is 8. The summed E-state index contributed by atoms with van der Waals surface area (Å²) in [5.41, 5.74) is 1.22. The molecular weight excluding hydrogens is 364 g/mol. The van der Waals surface area contributed by atoms with Crippen LogP contribution in [-0.2, 0) is 13.0 Å². The molecule has 2 heterocycles. The SMILES string of the molecule is CCc1cc2c(=O)n(CCCCOc3ccccc3C)c(SC)nc2s1. The number of aryl methyl sites for hydroxylation is 2. The van der Waals surface area contributed by atoms with Gasteiger partial charge in [-0.15, -0.1) is 11.3 Å². The number of nitrogens with zero attached hydrogens (tertiary/aromatic N) is 2. The zero-order chi connectivity index (χ0) is 18.5. The number of para-hydroxylation sites is 1. The van der Waals surface area contributed by atoms with Gasteiger partial charge in [0, 0.05) is 11.4 Å². The fraction of sp³-hybridized carbons (Fsp3) is 0.400. The summed E-state index contributed by atoms with van der Waals surface area (Å²) in [6.45, 7) is 5.48. The first-order valence-electron chi connectivity index (χ1n) is 8.89. The summed E-state index contributed by atoms with van der Waals surface area (Å²) in [6, 6.07) is 10.0. The first-order valence-corrected chi connectivity index (χ1v) is 10.9. The molecule has 0 bridgehead atoms. The lowest BCUT2D eigenvalue weighted by molar-refractivity contribution is 0.300. The zero-order valence-corrected chi connectivity index (χ0v) is 17.1. The first kappa shape index (κ1) is 19.0. The minimum Gasteiger partial charge on any atom is -0.493 e. The first-order chi connectivity index (χ1) is 12.6. The number of aromatic nitrogens is 2. The van der Waals surface area contributed by atoms with Gasteiger partial charge in [0.2, 0.25) is 0 Å². The molecule has 0 aliphatic carbocycles. The van der Waals surface area contributed by atoms with Gasteiger partial charge in [-0.2, -0.15) is 0 Å². The molecule has 2 aromatic heterocycles. The van der Waals surface area contributed by atoms with E-state index < -0.39 is 0 Å². The van der Waals surface area contributed by atoms with Crippen LogP contribution in [0.5, 0.6) is 5.75 Å². The summed E-state index contributed by atoms with van der Waals surface area (Å²) in [7, 11) is 0. The molecular formula is C20H24N2O2S2. The number of hydrogen-bond donors (Lipinski definition) is 0. The van der Waals surface area contributed by atoms with Crippen molar-refractivity contribution in [1.29, 1.82) is 0 Å². The quantitative estimate of drug-likeness (QED) is 0.312. The summed E-state index contributed by atoms with van der Waals surface area (Å²) in [4.78, 5) is 19.6. The Morgan fingerprint density at radius 2 is 2.08 bits per heavy atom. The van der Waals surface area contributed by atoms with Gasteiger partial charge in [-0.05, 0) is 50.1 Å². The number of benzene rings is 1. The second-order valence-corrected chi connectivity index (χ2v) is 8.05. The molecule has 0 N–H and O–H groups in total. The van der Waals surface area contributed by atoms with E-state index in [1.807, 2.05) is 48.1 Å². The Bertz CT molecular complexity index is 947. The average Bonchev–Trinajstić information content (AvgIpc) is 3.07. The molecule has 0 atom stereocenters. The van der Waals surface area contributed by atoms with Gasteiger partial charge < -0.3 is 4.74 Å². The molecule has 26 heavy (non-hydrogen) atoms. The van der Waals surface area contributed by atoms with Gasteiger partial charge in [0.25, 0.3) is 5.56 Å². The molecule has 6 heteroatoms. The van der Waals surface area contributed by atoms with E-state index in [4.69, 9.17) is 9.72 Å². The van der Waals surface area contributed by atoms with Crippen LogP contribution in [0.1, 0.15) is 30.2 Å². The third-order valence-corrected chi connectivity index (χ3v) is 6.18. The van der Waals surface area contributed by atoms with Crippen LogP contribution in [0.2, 0.25) is 0 Å². The molecule has 0 unspecified atom stereocenters. The standard InChI is InChI=1S/C20H24N2O2S2/c1-4-15-13-16-18(26-15)21-20(25-3)22(19(16)23)11-7-8-12-24-17-10-6-5-9-14(17)2/h5-6,9-10,13H,4,7-8,11-12H2,1-3H3. The molecule has 138 valence electrons. The predicted molar refractivity (Wildman–Crippen MR) is 111 cm³/mol. The number of fused-ring (bicyclic) bond motifs is 1. The third-order valence-electron chi connectivity index (χ3n) is 4.33. The zero-order valence-electron chi connectivity index (χ0n) is 15.4. The Morgan fingerprint density at radius 3 is 2.81 bits per heavy atom. The van der Waals surface area contributed by atoms with Crippen LogP contribution in [0.4, 0.5) is 0 Å². The predicted octanol–water partition coefficient (Wildman–Crippen LogP) is 4.91. The molecule has 1 aromatic carbocycles. The molecule has 0 saturated heterocycles. The Morgan fingerprint density at radius 1 is 1.27 bits per heavy atom. The van der Waals surface area contributed by atoms with E-state index in [0.29, 0.717) is 13.2 Å². The van der Waals surface area contributed by atoms with Crippen LogP contribution in [-0.4, -0.2) is 22.4 Å². The average molecular weight is 389 g/mol. The van der Waals surface area contributed by atoms with E-state index in [9.17, 15) is 4.79 Å². The maximum absolute atomic E-state index is 12.9. The van der Waals surface area contributed by atoms with E-state index in [-0.39, 0.29) is 5.56 Å². The number of ether oxygens (including phenoxy) is 1. The molecule has 0 aliphatic rings. The number of thioether (sulfide) groups is 1. The highest BCUT2D eigenvalue weighted by molar-refractivity contribution is 7.98. The van der Waals surface area contributed by atoms with Crippen molar-refractivity contribution in [2.45, 2.75) is 44.8 Å². The normalized spacial score (nSPS) is 11.2. The number of hydrogen-bond acceptors (Lipinski definition) is 5. The van der Waals surface area contributed by atoms with Gasteiger partial charge >= 0.3 is 0 Å². The maximum Gasteiger partial charge on any atom is 0.262 e. The second-order valence-electron chi connectivity index (χ2n) is 6.16. The Hall–Kier alpha value is -1.79. The Kier molecular flexibility index (Phi) is 6.38. The van der Waals surface area contributed by atoms with Crippen molar-refractivity contribution in [3.8, 4) is 5.75 Å². The van der Waals surface area contributed by atoms with Crippen molar-refractivity contribution >= 4 is 33.3 Å². The molecule has 0 radical (unpaired) electrons. The van der Waals surface area contributed by atoms with Gasteiger partial charge in [-0.3, -0.25) is 9.36 Å². The van der Waals surface area contributed by atoms with Crippen molar-refractivity contribution in [3.63, 3.8) is 0 Å². The molecule has 0 aliphatic heterocycles.